The molecule has 2 nitrogen and oxygen atoms in total. The van der Waals surface area contributed by atoms with E-state index in [-0.39, 0.29) is 0 Å². The van der Waals surface area contributed by atoms with Gasteiger partial charge in [0.15, 0.2) is 0 Å². The second kappa shape index (κ2) is 5.51. The highest BCUT2D eigenvalue weighted by Crippen LogP contribution is 2.18. The summed E-state index contributed by atoms with van der Waals surface area (Å²) in [6.45, 7) is 2.50. The lowest BCUT2D eigenvalue weighted by Gasteiger charge is -2.27. The zero-order valence-corrected chi connectivity index (χ0v) is 9.95. The van der Waals surface area contributed by atoms with Crippen molar-refractivity contribution in [2.45, 2.75) is 19.7 Å². The van der Waals surface area contributed by atoms with E-state index in [2.05, 4.69) is 12.1 Å². The molecule has 2 heteroatoms. The summed E-state index contributed by atoms with van der Waals surface area (Å²) in [4.78, 5) is 1.97. The van der Waals surface area contributed by atoms with E-state index in [4.69, 9.17) is 0 Å². The molecular formula is C15H17NO. The van der Waals surface area contributed by atoms with Gasteiger partial charge in [-0.05, 0) is 24.6 Å². The van der Waals surface area contributed by atoms with Crippen molar-refractivity contribution in [2.75, 3.05) is 4.90 Å². The van der Waals surface area contributed by atoms with Crippen LogP contribution >= 0.6 is 0 Å². The molecule has 1 unspecified atom stereocenters. The molecule has 2 aromatic carbocycles. The van der Waals surface area contributed by atoms with Crippen LogP contribution in [-0.4, -0.2) is 11.3 Å². The Kier molecular flexibility index (Phi) is 3.78. The summed E-state index contributed by atoms with van der Waals surface area (Å²) in [6.07, 6.45) is -0.502. The lowest BCUT2D eigenvalue weighted by molar-refractivity contribution is 0.186. The zero-order valence-electron chi connectivity index (χ0n) is 9.95. The molecule has 1 N–H and O–H groups in total. The molecule has 2 aromatic rings. The first-order valence-corrected chi connectivity index (χ1v) is 5.81. The van der Waals surface area contributed by atoms with Gasteiger partial charge in [-0.25, -0.2) is 0 Å². The van der Waals surface area contributed by atoms with Gasteiger partial charge in [0.25, 0.3) is 0 Å². The van der Waals surface area contributed by atoms with Crippen LogP contribution in [0.15, 0.2) is 60.7 Å². The fraction of sp³-hybridized carbons (Fsp3) is 0.200. The van der Waals surface area contributed by atoms with Crippen LogP contribution < -0.4 is 4.90 Å². The van der Waals surface area contributed by atoms with Crippen molar-refractivity contribution < 1.29 is 5.11 Å². The van der Waals surface area contributed by atoms with E-state index in [0.717, 1.165) is 5.69 Å². The molecule has 0 amide bonds. The summed E-state index contributed by atoms with van der Waals surface area (Å²) in [5.74, 6) is 0. The van der Waals surface area contributed by atoms with Gasteiger partial charge < -0.3 is 10.0 Å². The minimum atomic E-state index is -0.502. The molecule has 1 atom stereocenters. The van der Waals surface area contributed by atoms with Gasteiger partial charge in [0, 0.05) is 12.2 Å². The average molecular weight is 227 g/mol. The maximum absolute atomic E-state index is 9.85. The fourth-order valence-corrected chi connectivity index (χ4v) is 1.84. The smallest absolute Gasteiger partial charge is 0.124 e. The number of hydrogen-bond acceptors (Lipinski definition) is 2. The molecule has 0 radical (unpaired) electrons. The van der Waals surface area contributed by atoms with E-state index in [9.17, 15) is 5.11 Å². The molecule has 0 spiro atoms. The summed E-state index contributed by atoms with van der Waals surface area (Å²) in [7, 11) is 0. The molecule has 2 rings (SSSR count). The molecule has 0 aliphatic rings. The predicted octanol–water partition coefficient (Wildman–Crippen LogP) is 3.03. The third kappa shape index (κ3) is 3.08. The van der Waals surface area contributed by atoms with Crippen molar-refractivity contribution in [3.05, 3.63) is 66.2 Å². The maximum Gasteiger partial charge on any atom is 0.124 e. The van der Waals surface area contributed by atoms with Crippen LogP contribution in [0.5, 0.6) is 0 Å². The number of rotatable bonds is 4. The fourth-order valence-electron chi connectivity index (χ4n) is 1.84. The first-order chi connectivity index (χ1) is 8.27. The molecular weight excluding hydrogens is 210 g/mol. The Bertz CT molecular complexity index is 439. The van der Waals surface area contributed by atoms with Crippen molar-refractivity contribution >= 4 is 5.69 Å². The third-order valence-corrected chi connectivity index (χ3v) is 2.73. The molecule has 17 heavy (non-hydrogen) atoms. The molecule has 0 aliphatic carbocycles. The standard InChI is InChI=1S/C15H17NO/c1-13(17)16(15-10-6-3-7-11-15)12-14-8-4-2-5-9-14/h2-11,13,17H,12H2,1H3. The van der Waals surface area contributed by atoms with Gasteiger partial charge >= 0.3 is 0 Å². The van der Waals surface area contributed by atoms with Gasteiger partial charge in [0.2, 0.25) is 0 Å². The second-order valence-corrected chi connectivity index (χ2v) is 4.08. The Balaban J connectivity index is 2.20. The Labute approximate surface area is 102 Å². The van der Waals surface area contributed by atoms with Crippen LogP contribution in [-0.2, 0) is 6.54 Å². The van der Waals surface area contributed by atoms with Gasteiger partial charge in [0.05, 0.1) is 0 Å². The quantitative estimate of drug-likeness (QED) is 0.811. The maximum atomic E-state index is 9.85. The number of benzene rings is 2. The SMILES string of the molecule is CC(O)N(Cc1ccccc1)c1ccccc1. The first kappa shape index (κ1) is 11.7. The normalized spacial score (nSPS) is 12.1. The van der Waals surface area contributed by atoms with E-state index in [0.29, 0.717) is 6.54 Å². The topological polar surface area (TPSA) is 23.5 Å². The largest absolute Gasteiger partial charge is 0.374 e. The van der Waals surface area contributed by atoms with Crippen molar-refractivity contribution in [1.82, 2.24) is 0 Å². The first-order valence-electron chi connectivity index (χ1n) is 5.81. The Hall–Kier alpha value is -1.80. The van der Waals surface area contributed by atoms with Crippen LogP contribution in [0, 0.1) is 0 Å². The second-order valence-electron chi connectivity index (χ2n) is 4.08. The molecule has 88 valence electrons. The number of anilines is 1. The van der Waals surface area contributed by atoms with Crippen LogP contribution in [0.3, 0.4) is 0 Å². The molecule has 0 aliphatic heterocycles. The summed E-state index contributed by atoms with van der Waals surface area (Å²) < 4.78 is 0. The highest BCUT2D eigenvalue weighted by atomic mass is 16.3. The molecule has 0 bridgehead atoms. The molecule has 0 fully saturated rings. The van der Waals surface area contributed by atoms with E-state index in [1.54, 1.807) is 6.92 Å². The van der Waals surface area contributed by atoms with Crippen LogP contribution in [0.1, 0.15) is 12.5 Å². The highest BCUT2D eigenvalue weighted by molar-refractivity contribution is 5.47. The Morgan fingerprint density at radius 3 is 2.00 bits per heavy atom. The van der Waals surface area contributed by atoms with Crippen LogP contribution in [0.25, 0.3) is 0 Å². The van der Waals surface area contributed by atoms with Gasteiger partial charge in [-0.1, -0.05) is 48.5 Å². The molecule has 0 saturated carbocycles. The highest BCUT2D eigenvalue weighted by Gasteiger charge is 2.11. The third-order valence-electron chi connectivity index (χ3n) is 2.73. The van der Waals surface area contributed by atoms with Crippen molar-refractivity contribution in [1.29, 1.82) is 0 Å². The van der Waals surface area contributed by atoms with Crippen LogP contribution in [0.4, 0.5) is 5.69 Å². The molecule has 0 aromatic heterocycles. The Morgan fingerprint density at radius 2 is 1.47 bits per heavy atom. The van der Waals surface area contributed by atoms with Crippen molar-refractivity contribution in [2.24, 2.45) is 0 Å². The Morgan fingerprint density at radius 1 is 0.941 bits per heavy atom. The van der Waals surface area contributed by atoms with Gasteiger partial charge in [-0.3, -0.25) is 0 Å². The predicted molar refractivity (Wildman–Crippen MR) is 70.7 cm³/mol. The van der Waals surface area contributed by atoms with Gasteiger partial charge in [0.1, 0.15) is 6.23 Å². The summed E-state index contributed by atoms with van der Waals surface area (Å²) >= 11 is 0. The van der Waals surface area contributed by atoms with E-state index < -0.39 is 6.23 Å². The van der Waals surface area contributed by atoms with Crippen LogP contribution in [0.2, 0.25) is 0 Å². The van der Waals surface area contributed by atoms with Gasteiger partial charge in [-0.15, -0.1) is 0 Å². The van der Waals surface area contributed by atoms with Crippen molar-refractivity contribution in [3.8, 4) is 0 Å². The minimum Gasteiger partial charge on any atom is -0.374 e. The number of nitrogens with zero attached hydrogens (tertiary/aromatic N) is 1. The lowest BCUT2D eigenvalue weighted by Crippen LogP contribution is -2.32. The van der Waals surface area contributed by atoms with Crippen molar-refractivity contribution in [3.63, 3.8) is 0 Å². The number of aliphatic hydroxyl groups excluding tert-OH is 1. The monoisotopic (exact) mass is 227 g/mol. The number of aliphatic hydroxyl groups is 1. The summed E-state index contributed by atoms with van der Waals surface area (Å²) in [6, 6.07) is 20.1. The summed E-state index contributed by atoms with van der Waals surface area (Å²) in [5, 5.41) is 9.85. The van der Waals surface area contributed by atoms with E-state index >= 15 is 0 Å². The number of para-hydroxylation sites is 1. The minimum absolute atomic E-state index is 0.502. The average Bonchev–Trinajstić information content (AvgIpc) is 2.38. The van der Waals surface area contributed by atoms with E-state index in [1.807, 2.05) is 53.4 Å². The zero-order chi connectivity index (χ0) is 12.1. The van der Waals surface area contributed by atoms with E-state index in [1.165, 1.54) is 5.56 Å². The van der Waals surface area contributed by atoms with Gasteiger partial charge in [-0.2, -0.15) is 0 Å². The molecule has 0 heterocycles. The number of hydrogen-bond donors (Lipinski definition) is 1. The summed E-state index contributed by atoms with van der Waals surface area (Å²) in [5.41, 5.74) is 2.23. The lowest BCUT2D eigenvalue weighted by atomic mass is 10.2. The molecule has 0 saturated heterocycles.